The van der Waals surface area contributed by atoms with Gasteiger partial charge in [0.25, 0.3) is 5.91 Å². The van der Waals surface area contributed by atoms with Crippen LogP contribution in [0.15, 0.2) is 54.6 Å². The summed E-state index contributed by atoms with van der Waals surface area (Å²) in [6.45, 7) is 2.47. The number of amides is 1. The van der Waals surface area contributed by atoms with E-state index < -0.39 is 0 Å². The molecule has 1 atom stereocenters. The molecule has 0 spiro atoms. The summed E-state index contributed by atoms with van der Waals surface area (Å²) in [5.74, 6) is 0.756. The van der Waals surface area contributed by atoms with Gasteiger partial charge in [0.1, 0.15) is 11.9 Å². The highest BCUT2D eigenvalue weighted by atomic mass is 16.5. The highest BCUT2D eigenvalue weighted by molar-refractivity contribution is 5.98. The second-order valence-electron chi connectivity index (χ2n) is 8.02. The van der Waals surface area contributed by atoms with Gasteiger partial charge in [0.2, 0.25) is 0 Å². The van der Waals surface area contributed by atoms with Gasteiger partial charge >= 0.3 is 0 Å². The summed E-state index contributed by atoms with van der Waals surface area (Å²) in [6.07, 6.45) is 2.75. The van der Waals surface area contributed by atoms with Crippen molar-refractivity contribution in [1.29, 1.82) is 0 Å². The Bertz CT molecular complexity index is 1080. The van der Waals surface area contributed by atoms with Crippen LogP contribution in [0.25, 0.3) is 10.8 Å². The van der Waals surface area contributed by atoms with E-state index in [1.54, 1.807) is 0 Å². The van der Waals surface area contributed by atoms with Gasteiger partial charge in [0, 0.05) is 18.5 Å². The number of aryl methyl sites for hydroxylation is 1. The van der Waals surface area contributed by atoms with E-state index in [1.165, 1.54) is 16.3 Å². The number of benzene rings is 3. The zero-order valence-electron chi connectivity index (χ0n) is 16.0. The molecule has 0 unspecified atom stereocenters. The Labute approximate surface area is 164 Å². The zero-order chi connectivity index (χ0) is 19.3. The predicted molar refractivity (Wildman–Crippen MR) is 111 cm³/mol. The van der Waals surface area contributed by atoms with Gasteiger partial charge in [-0.15, -0.1) is 0 Å². The molecule has 0 bridgehead atoms. The van der Waals surface area contributed by atoms with Gasteiger partial charge in [0.15, 0.2) is 0 Å². The molecule has 3 aromatic rings. The first-order valence-electron chi connectivity index (χ1n) is 9.91. The normalized spacial score (nSPS) is 19.1. The number of ether oxygens (including phenoxy) is 1. The van der Waals surface area contributed by atoms with E-state index in [0.29, 0.717) is 12.1 Å². The van der Waals surface area contributed by atoms with Crippen LogP contribution < -0.4 is 15.8 Å². The van der Waals surface area contributed by atoms with Crippen molar-refractivity contribution in [2.75, 3.05) is 6.54 Å². The second-order valence-corrected chi connectivity index (χ2v) is 8.02. The lowest BCUT2D eigenvalue weighted by molar-refractivity contribution is 0.0930. The number of nitrogens with two attached hydrogens (primary N) is 1. The molecule has 1 aliphatic heterocycles. The van der Waals surface area contributed by atoms with Gasteiger partial charge in [-0.1, -0.05) is 48.5 Å². The fourth-order valence-electron chi connectivity index (χ4n) is 4.37. The fraction of sp³-hybridized carbons (Fsp3) is 0.292. The van der Waals surface area contributed by atoms with Crippen LogP contribution in [0.4, 0.5) is 0 Å². The van der Waals surface area contributed by atoms with Crippen molar-refractivity contribution >= 4 is 16.7 Å². The Morgan fingerprint density at radius 3 is 2.75 bits per heavy atom. The average Bonchev–Trinajstić information content (AvgIpc) is 3.37. The van der Waals surface area contributed by atoms with E-state index in [2.05, 4.69) is 47.8 Å². The third kappa shape index (κ3) is 2.76. The van der Waals surface area contributed by atoms with Crippen molar-refractivity contribution in [3.8, 4) is 5.75 Å². The van der Waals surface area contributed by atoms with Gasteiger partial charge in [-0.05, 0) is 53.3 Å². The Hall–Kier alpha value is -2.85. The lowest BCUT2D eigenvalue weighted by Gasteiger charge is -2.21. The smallest absolute Gasteiger partial charge is 0.252 e. The lowest BCUT2D eigenvalue weighted by atomic mass is 9.96. The molecule has 3 N–H and O–H groups in total. The largest absolute Gasteiger partial charge is 0.488 e. The molecule has 0 saturated heterocycles. The third-order valence-electron chi connectivity index (χ3n) is 6.06. The maximum Gasteiger partial charge on any atom is 0.252 e. The summed E-state index contributed by atoms with van der Waals surface area (Å²) in [4.78, 5) is 13.2. The lowest BCUT2D eigenvalue weighted by Crippen LogP contribution is -2.35. The number of carbonyl (C=O) groups excluding carboxylic acids is 1. The second kappa shape index (κ2) is 6.35. The number of nitrogens with one attached hydrogen (secondary N) is 1. The molecule has 142 valence electrons. The molecule has 28 heavy (non-hydrogen) atoms. The van der Waals surface area contributed by atoms with Crippen LogP contribution in [0.2, 0.25) is 0 Å². The summed E-state index contributed by atoms with van der Waals surface area (Å²) in [5.41, 5.74) is 9.48. The van der Waals surface area contributed by atoms with Crippen LogP contribution in [-0.2, 0) is 12.0 Å². The number of fused-ring (bicyclic) bond motifs is 2. The third-order valence-corrected chi connectivity index (χ3v) is 6.06. The molecule has 5 rings (SSSR count). The minimum absolute atomic E-state index is 0.0122. The molecule has 1 heterocycles. The number of carbonyl (C=O) groups is 1. The summed E-state index contributed by atoms with van der Waals surface area (Å²) < 4.78 is 5.88. The first-order chi connectivity index (χ1) is 13.6. The summed E-state index contributed by atoms with van der Waals surface area (Å²) in [6, 6.07) is 18.6. The van der Waals surface area contributed by atoms with E-state index >= 15 is 0 Å². The van der Waals surface area contributed by atoms with Crippen LogP contribution in [-0.4, -0.2) is 18.6 Å². The molecule has 0 aromatic heterocycles. The van der Waals surface area contributed by atoms with Crippen LogP contribution in [0.1, 0.15) is 39.9 Å². The molecule has 2 aliphatic rings. The van der Waals surface area contributed by atoms with E-state index in [4.69, 9.17) is 10.5 Å². The highest BCUT2D eigenvalue weighted by Gasteiger charge is 2.46. The van der Waals surface area contributed by atoms with Gasteiger partial charge in [-0.2, -0.15) is 0 Å². The van der Waals surface area contributed by atoms with Crippen LogP contribution in [0.5, 0.6) is 5.75 Å². The van der Waals surface area contributed by atoms with Crippen LogP contribution in [0, 0.1) is 6.92 Å². The van der Waals surface area contributed by atoms with Crippen molar-refractivity contribution in [1.82, 2.24) is 5.32 Å². The first-order valence-corrected chi connectivity index (χ1v) is 9.91. The van der Waals surface area contributed by atoms with Gasteiger partial charge in [-0.25, -0.2) is 0 Å². The SMILES string of the molecule is Cc1cc2c(cc1C(=O)NC1(c3cccc4ccccc34)CC1)O[C@H](CN)C2. The van der Waals surface area contributed by atoms with E-state index in [-0.39, 0.29) is 17.6 Å². The van der Waals surface area contributed by atoms with Crippen molar-refractivity contribution in [2.24, 2.45) is 5.73 Å². The highest BCUT2D eigenvalue weighted by Crippen LogP contribution is 2.48. The zero-order valence-corrected chi connectivity index (χ0v) is 16.0. The number of hydrogen-bond donors (Lipinski definition) is 2. The number of rotatable bonds is 4. The summed E-state index contributed by atoms with van der Waals surface area (Å²) in [5, 5.41) is 5.75. The van der Waals surface area contributed by atoms with Crippen molar-refractivity contribution in [3.63, 3.8) is 0 Å². The molecule has 1 amide bonds. The molecule has 4 heteroatoms. The van der Waals surface area contributed by atoms with Crippen molar-refractivity contribution in [2.45, 2.75) is 37.8 Å². The van der Waals surface area contributed by atoms with Gasteiger partial charge in [-0.3, -0.25) is 4.79 Å². The predicted octanol–water partition coefficient (Wildman–Crippen LogP) is 3.83. The molecular formula is C24H24N2O2. The molecular weight excluding hydrogens is 348 g/mol. The average molecular weight is 372 g/mol. The molecule has 0 radical (unpaired) electrons. The maximum absolute atomic E-state index is 13.2. The van der Waals surface area contributed by atoms with E-state index in [1.807, 2.05) is 19.1 Å². The Kier molecular flexibility index (Phi) is 3.91. The Balaban J connectivity index is 1.46. The van der Waals surface area contributed by atoms with Crippen molar-refractivity contribution in [3.05, 3.63) is 76.9 Å². The van der Waals surface area contributed by atoms with Crippen molar-refractivity contribution < 1.29 is 9.53 Å². The quantitative estimate of drug-likeness (QED) is 0.732. The topological polar surface area (TPSA) is 64.3 Å². The van der Waals surface area contributed by atoms with E-state index in [0.717, 1.165) is 36.1 Å². The monoisotopic (exact) mass is 372 g/mol. The molecule has 4 nitrogen and oxygen atoms in total. The minimum atomic E-state index is -0.274. The Morgan fingerprint density at radius 2 is 1.96 bits per heavy atom. The minimum Gasteiger partial charge on any atom is -0.488 e. The fourth-order valence-corrected chi connectivity index (χ4v) is 4.37. The van der Waals surface area contributed by atoms with Crippen LogP contribution in [0.3, 0.4) is 0 Å². The molecule has 1 saturated carbocycles. The van der Waals surface area contributed by atoms with Gasteiger partial charge < -0.3 is 15.8 Å². The Morgan fingerprint density at radius 1 is 1.18 bits per heavy atom. The standard InChI is InChI=1S/C24H24N2O2/c1-15-11-17-12-18(14-25)28-22(17)13-20(15)23(27)26-24(9-10-24)21-8-4-6-16-5-2-3-7-19(16)21/h2-8,11,13,18H,9-10,12,14,25H2,1H3,(H,26,27)/t18-/m0/s1. The number of hydrogen-bond acceptors (Lipinski definition) is 3. The maximum atomic E-state index is 13.2. The van der Waals surface area contributed by atoms with Crippen LogP contribution >= 0.6 is 0 Å². The molecule has 1 fully saturated rings. The summed E-state index contributed by atoms with van der Waals surface area (Å²) >= 11 is 0. The first kappa shape index (κ1) is 17.3. The van der Waals surface area contributed by atoms with Gasteiger partial charge in [0.05, 0.1) is 5.54 Å². The molecule has 3 aromatic carbocycles. The molecule has 1 aliphatic carbocycles. The summed E-state index contributed by atoms with van der Waals surface area (Å²) in [7, 11) is 0. The van der Waals surface area contributed by atoms with E-state index in [9.17, 15) is 4.79 Å².